The summed E-state index contributed by atoms with van der Waals surface area (Å²) >= 11 is 1.34. The lowest BCUT2D eigenvalue weighted by Gasteiger charge is -2.53. The highest BCUT2D eigenvalue weighted by atomic mass is 32.2. The fourth-order valence-electron chi connectivity index (χ4n) is 4.74. The number of esters is 1. The molecule has 2 aliphatic rings. The maximum Gasteiger partial charge on any atom is 0.320 e. The molecule has 168 valence electrons. The molecule has 0 saturated carbocycles. The first-order chi connectivity index (χ1) is 15.8. The largest absolute Gasteiger partial charge is 0.452 e. The number of rotatable bonds is 5. The number of ether oxygens (including phenoxy) is 1. The number of nitrogens with zero attached hydrogens (tertiary/aromatic N) is 1. The Kier molecular flexibility index (Phi) is 5.22. The van der Waals surface area contributed by atoms with Gasteiger partial charge < -0.3 is 15.4 Å². The number of amides is 1. The molecule has 1 amide bonds. The van der Waals surface area contributed by atoms with Gasteiger partial charge in [0.2, 0.25) is 16.8 Å². The summed E-state index contributed by atoms with van der Waals surface area (Å²) in [6.07, 6.45) is -0.708. The number of hydrogen-bond acceptors (Lipinski definition) is 7. The third-order valence-corrected chi connectivity index (χ3v) is 8.12. The van der Waals surface area contributed by atoms with E-state index in [0.717, 1.165) is 11.1 Å². The van der Waals surface area contributed by atoms with Crippen LogP contribution in [0.5, 0.6) is 0 Å². The van der Waals surface area contributed by atoms with Gasteiger partial charge >= 0.3 is 5.97 Å². The van der Waals surface area contributed by atoms with Crippen LogP contribution in [0.1, 0.15) is 28.4 Å². The Morgan fingerprint density at radius 1 is 1.03 bits per heavy atom. The quantitative estimate of drug-likeness (QED) is 0.347. The Balaban J connectivity index is 1.56. The molecule has 0 bridgehead atoms. The summed E-state index contributed by atoms with van der Waals surface area (Å²) in [6, 6.07) is 18.0. The topological polar surface area (TPSA) is 107 Å². The molecule has 3 aromatic rings. The Morgan fingerprint density at radius 2 is 1.61 bits per heavy atom. The standard InChI is InChI=1S/C25H22N2O5S/c1-14-17(20(29)19(14)28)25(12-27-22(30)18(26)23(27)33-13-25)24(31)32-21(15-8-4-2-5-9-15)16-10-6-3-7-11-16/h2-11,18,21,23H,12-13,26H2,1H3/t18?,23-,25?/m1/s1. The molecule has 0 radical (unpaired) electrons. The molecule has 2 unspecified atom stereocenters. The molecule has 2 N–H and O–H groups in total. The number of nitrogens with two attached hydrogens (primary N) is 1. The Hall–Kier alpha value is -3.23. The number of carbonyl (C=O) groups excluding carboxylic acids is 2. The molecule has 7 nitrogen and oxygen atoms in total. The molecule has 8 heteroatoms. The molecule has 0 spiro atoms. The van der Waals surface area contributed by atoms with Crippen molar-refractivity contribution in [2.75, 3.05) is 12.3 Å². The minimum Gasteiger partial charge on any atom is -0.452 e. The average Bonchev–Trinajstić information content (AvgIpc) is 2.87. The van der Waals surface area contributed by atoms with Crippen LogP contribution >= 0.6 is 11.8 Å². The van der Waals surface area contributed by atoms with E-state index in [1.165, 1.54) is 16.7 Å². The lowest BCUT2D eigenvalue weighted by molar-refractivity contribution is -0.159. The zero-order chi connectivity index (χ0) is 23.3. The van der Waals surface area contributed by atoms with E-state index in [0.29, 0.717) is 0 Å². The van der Waals surface area contributed by atoms with Crippen LogP contribution in [0.15, 0.2) is 70.3 Å². The number of thioether (sulfide) groups is 1. The second-order valence-corrected chi connectivity index (χ2v) is 9.65. The molecular weight excluding hydrogens is 440 g/mol. The van der Waals surface area contributed by atoms with Gasteiger partial charge in [0, 0.05) is 23.4 Å². The van der Waals surface area contributed by atoms with Crippen molar-refractivity contribution >= 4 is 23.6 Å². The van der Waals surface area contributed by atoms with Crippen LogP contribution in [0.2, 0.25) is 0 Å². The van der Waals surface area contributed by atoms with Gasteiger partial charge in [0.05, 0.1) is 0 Å². The van der Waals surface area contributed by atoms with E-state index in [2.05, 4.69) is 0 Å². The molecular formula is C25H22N2O5S. The van der Waals surface area contributed by atoms with Crippen LogP contribution in [-0.4, -0.2) is 40.5 Å². The lowest BCUT2D eigenvalue weighted by atomic mass is 9.75. The lowest BCUT2D eigenvalue weighted by Crippen LogP contribution is -2.74. The molecule has 5 rings (SSSR count). The summed E-state index contributed by atoms with van der Waals surface area (Å²) in [4.78, 5) is 52.4. The van der Waals surface area contributed by atoms with Crippen molar-refractivity contribution in [1.82, 2.24) is 4.90 Å². The van der Waals surface area contributed by atoms with Gasteiger partial charge in [-0.3, -0.25) is 19.2 Å². The maximum absolute atomic E-state index is 13.9. The molecule has 2 fully saturated rings. The Morgan fingerprint density at radius 3 is 2.15 bits per heavy atom. The van der Waals surface area contributed by atoms with Gasteiger partial charge in [-0.1, -0.05) is 60.7 Å². The Bertz CT molecular complexity index is 1260. The van der Waals surface area contributed by atoms with Crippen molar-refractivity contribution in [2.24, 2.45) is 5.73 Å². The molecule has 3 aromatic carbocycles. The maximum atomic E-state index is 13.9. The number of β-lactam (4-membered cyclic amide) rings is 1. The van der Waals surface area contributed by atoms with Gasteiger partial charge in [0.15, 0.2) is 6.10 Å². The van der Waals surface area contributed by atoms with Crippen LogP contribution in [0, 0.1) is 6.92 Å². The van der Waals surface area contributed by atoms with E-state index in [4.69, 9.17) is 10.5 Å². The highest BCUT2D eigenvalue weighted by Gasteiger charge is 2.59. The summed E-state index contributed by atoms with van der Waals surface area (Å²) in [7, 11) is 0. The molecule has 2 aliphatic heterocycles. The van der Waals surface area contributed by atoms with E-state index in [1.54, 1.807) is 6.92 Å². The molecule has 2 saturated heterocycles. The highest BCUT2D eigenvalue weighted by Crippen LogP contribution is 2.44. The predicted molar refractivity (Wildman–Crippen MR) is 125 cm³/mol. The first-order valence-corrected chi connectivity index (χ1v) is 11.7. The number of fused-ring (bicyclic) bond motifs is 1. The SMILES string of the molecule is Cc1c(C2(C(=O)OC(c3ccccc3)c3ccccc3)CS[C@@H]3C(N)C(=O)N3C2)c(=O)c1=O. The van der Waals surface area contributed by atoms with Crippen molar-refractivity contribution in [1.29, 1.82) is 0 Å². The zero-order valence-corrected chi connectivity index (χ0v) is 18.7. The third kappa shape index (κ3) is 3.24. The number of hydrogen-bond donors (Lipinski definition) is 1. The van der Waals surface area contributed by atoms with Crippen LogP contribution < -0.4 is 16.6 Å². The summed E-state index contributed by atoms with van der Waals surface area (Å²) < 4.78 is 6.10. The second kappa shape index (κ2) is 7.97. The minimum absolute atomic E-state index is 0.0297. The van der Waals surface area contributed by atoms with Gasteiger partial charge in [-0.25, -0.2) is 0 Å². The van der Waals surface area contributed by atoms with Crippen molar-refractivity contribution in [2.45, 2.75) is 29.9 Å². The smallest absolute Gasteiger partial charge is 0.320 e. The van der Waals surface area contributed by atoms with Crippen molar-refractivity contribution < 1.29 is 14.3 Å². The first kappa shape index (κ1) is 21.6. The second-order valence-electron chi connectivity index (χ2n) is 8.54. The molecule has 3 atom stereocenters. The van der Waals surface area contributed by atoms with Crippen LogP contribution in [0.4, 0.5) is 0 Å². The monoisotopic (exact) mass is 462 g/mol. The van der Waals surface area contributed by atoms with Gasteiger partial charge in [0.25, 0.3) is 0 Å². The van der Waals surface area contributed by atoms with Crippen molar-refractivity contribution in [3.8, 4) is 0 Å². The van der Waals surface area contributed by atoms with Crippen LogP contribution in [0.3, 0.4) is 0 Å². The van der Waals surface area contributed by atoms with E-state index in [-0.39, 0.29) is 34.7 Å². The summed E-state index contributed by atoms with van der Waals surface area (Å²) in [5.41, 5.74) is 5.16. The van der Waals surface area contributed by atoms with Crippen molar-refractivity contribution in [3.05, 3.63) is 103 Å². The first-order valence-electron chi connectivity index (χ1n) is 10.6. The fraction of sp³-hybridized carbons (Fsp3) is 0.280. The molecule has 0 aliphatic carbocycles. The van der Waals surface area contributed by atoms with Gasteiger partial charge in [-0.2, -0.15) is 0 Å². The average molecular weight is 463 g/mol. The van der Waals surface area contributed by atoms with Gasteiger partial charge in [0.1, 0.15) is 16.8 Å². The normalized spacial score (nSPS) is 24.5. The summed E-state index contributed by atoms with van der Waals surface area (Å²) in [5.74, 6) is -0.700. The fourth-order valence-corrected chi connectivity index (χ4v) is 6.23. The summed E-state index contributed by atoms with van der Waals surface area (Å²) in [6.45, 7) is 1.51. The van der Waals surface area contributed by atoms with E-state index < -0.39 is 34.4 Å². The Labute approximate surface area is 194 Å². The van der Waals surface area contributed by atoms with Crippen molar-refractivity contribution in [3.63, 3.8) is 0 Å². The summed E-state index contributed by atoms with van der Waals surface area (Å²) in [5, 5.41) is -0.246. The van der Waals surface area contributed by atoms with E-state index in [1.807, 2.05) is 60.7 Å². The predicted octanol–water partition coefficient (Wildman–Crippen LogP) is 1.40. The number of benzene rings is 2. The third-order valence-electron chi connectivity index (χ3n) is 6.57. The number of carbonyl (C=O) groups is 2. The van der Waals surface area contributed by atoms with Gasteiger partial charge in [-0.05, 0) is 18.1 Å². The molecule has 0 aromatic heterocycles. The zero-order valence-electron chi connectivity index (χ0n) is 17.9. The van der Waals surface area contributed by atoms with Gasteiger partial charge in [-0.15, -0.1) is 11.8 Å². The van der Waals surface area contributed by atoms with E-state index in [9.17, 15) is 19.2 Å². The molecule has 33 heavy (non-hydrogen) atoms. The highest BCUT2D eigenvalue weighted by molar-refractivity contribution is 8.00. The van der Waals surface area contributed by atoms with E-state index >= 15 is 0 Å². The van der Waals surface area contributed by atoms with Crippen LogP contribution in [0.25, 0.3) is 0 Å². The van der Waals surface area contributed by atoms with Crippen LogP contribution in [-0.2, 0) is 19.7 Å². The minimum atomic E-state index is -1.42. The molecule has 2 heterocycles.